The number of rotatable bonds is 2. The van der Waals surface area contributed by atoms with Crippen molar-refractivity contribution in [3.8, 4) is 5.75 Å². The number of anilines is 1. The molecule has 2 heterocycles. The fourth-order valence-corrected chi connectivity index (χ4v) is 4.20. The number of nitrogens with zero attached hydrogens (tertiary/aromatic N) is 2. The lowest BCUT2D eigenvalue weighted by Crippen LogP contribution is -2.42. The van der Waals surface area contributed by atoms with Crippen LogP contribution in [0.5, 0.6) is 5.75 Å². The minimum absolute atomic E-state index is 0.0163. The SMILES string of the molecule is COc1ccc2c(c1)C1(CCN(C(=O)c3cccc(C)c3)C1)C(=O)N2C. The van der Waals surface area contributed by atoms with E-state index >= 15 is 0 Å². The lowest BCUT2D eigenvalue weighted by Gasteiger charge is -2.23. The number of hydrogen-bond donors (Lipinski definition) is 0. The third kappa shape index (κ3) is 2.30. The molecule has 2 aliphatic rings. The van der Waals surface area contributed by atoms with Crippen molar-refractivity contribution in [2.45, 2.75) is 18.8 Å². The summed E-state index contributed by atoms with van der Waals surface area (Å²) in [6.45, 7) is 2.95. The first-order valence-corrected chi connectivity index (χ1v) is 8.79. The Hall–Kier alpha value is -2.82. The first-order chi connectivity index (χ1) is 12.5. The van der Waals surface area contributed by atoms with Gasteiger partial charge in [0.2, 0.25) is 5.91 Å². The topological polar surface area (TPSA) is 49.9 Å². The number of aryl methyl sites for hydroxylation is 1. The molecule has 2 aliphatic heterocycles. The normalized spacial score (nSPS) is 21.4. The minimum Gasteiger partial charge on any atom is -0.497 e. The molecular formula is C21H22N2O3. The minimum atomic E-state index is -0.669. The first-order valence-electron chi connectivity index (χ1n) is 8.79. The molecule has 0 bridgehead atoms. The van der Waals surface area contributed by atoms with Crippen LogP contribution in [0.15, 0.2) is 42.5 Å². The summed E-state index contributed by atoms with van der Waals surface area (Å²) in [6.07, 6.45) is 0.633. The maximum absolute atomic E-state index is 13.1. The summed E-state index contributed by atoms with van der Waals surface area (Å²) in [5, 5.41) is 0. The van der Waals surface area contributed by atoms with E-state index in [2.05, 4.69) is 0 Å². The van der Waals surface area contributed by atoms with Crippen LogP contribution in [0, 0.1) is 6.92 Å². The van der Waals surface area contributed by atoms with E-state index < -0.39 is 5.41 Å². The van der Waals surface area contributed by atoms with Crippen LogP contribution in [0.3, 0.4) is 0 Å². The van der Waals surface area contributed by atoms with Gasteiger partial charge in [0, 0.05) is 31.4 Å². The van der Waals surface area contributed by atoms with E-state index in [0.717, 1.165) is 22.6 Å². The molecule has 5 nitrogen and oxygen atoms in total. The molecule has 5 heteroatoms. The van der Waals surface area contributed by atoms with Gasteiger partial charge >= 0.3 is 0 Å². The quantitative estimate of drug-likeness (QED) is 0.837. The number of carbonyl (C=O) groups is 2. The third-order valence-electron chi connectivity index (χ3n) is 5.62. The summed E-state index contributed by atoms with van der Waals surface area (Å²) in [5.74, 6) is 0.771. The fourth-order valence-electron chi connectivity index (χ4n) is 4.20. The lowest BCUT2D eigenvalue weighted by molar-refractivity contribution is -0.122. The molecule has 0 aromatic heterocycles. The van der Waals surface area contributed by atoms with Gasteiger partial charge in [-0.05, 0) is 49.2 Å². The van der Waals surface area contributed by atoms with E-state index in [1.54, 1.807) is 24.0 Å². The Kier molecular flexibility index (Phi) is 3.75. The number of methoxy groups -OCH3 is 1. The van der Waals surface area contributed by atoms with Crippen molar-refractivity contribution in [3.05, 3.63) is 59.2 Å². The predicted molar refractivity (Wildman–Crippen MR) is 99.8 cm³/mol. The van der Waals surface area contributed by atoms with Gasteiger partial charge < -0.3 is 14.5 Å². The Balaban J connectivity index is 1.69. The average Bonchev–Trinajstić information content (AvgIpc) is 3.19. The van der Waals surface area contributed by atoms with Gasteiger partial charge in [0.1, 0.15) is 5.75 Å². The molecule has 2 aromatic carbocycles. The second-order valence-corrected chi connectivity index (χ2v) is 7.18. The average molecular weight is 350 g/mol. The number of likely N-dealkylation sites (N-methyl/N-ethyl adjacent to an activating group) is 1. The van der Waals surface area contributed by atoms with E-state index in [-0.39, 0.29) is 11.8 Å². The molecule has 1 saturated heterocycles. The largest absolute Gasteiger partial charge is 0.497 e. The molecule has 2 amide bonds. The van der Waals surface area contributed by atoms with Crippen molar-refractivity contribution >= 4 is 17.5 Å². The molecule has 1 spiro atoms. The molecule has 2 aromatic rings. The number of fused-ring (bicyclic) bond motifs is 2. The van der Waals surface area contributed by atoms with Crippen LogP contribution >= 0.6 is 0 Å². The zero-order valence-corrected chi connectivity index (χ0v) is 15.3. The van der Waals surface area contributed by atoms with Crippen molar-refractivity contribution in [1.29, 1.82) is 0 Å². The number of hydrogen-bond acceptors (Lipinski definition) is 3. The maximum atomic E-state index is 13.1. The summed E-state index contributed by atoms with van der Waals surface area (Å²) in [7, 11) is 3.42. The second-order valence-electron chi connectivity index (χ2n) is 7.18. The number of likely N-dealkylation sites (tertiary alicyclic amines) is 1. The van der Waals surface area contributed by atoms with Crippen LogP contribution in [0.2, 0.25) is 0 Å². The molecular weight excluding hydrogens is 328 g/mol. The molecule has 0 saturated carbocycles. The zero-order valence-electron chi connectivity index (χ0n) is 15.3. The number of benzene rings is 2. The highest BCUT2D eigenvalue weighted by Gasteiger charge is 2.54. The van der Waals surface area contributed by atoms with Gasteiger partial charge in [-0.3, -0.25) is 9.59 Å². The summed E-state index contributed by atoms with van der Waals surface area (Å²) in [5.41, 5.74) is 2.92. The van der Waals surface area contributed by atoms with Gasteiger partial charge in [0.25, 0.3) is 5.91 Å². The van der Waals surface area contributed by atoms with Gasteiger partial charge in [-0.25, -0.2) is 0 Å². The van der Waals surface area contributed by atoms with Gasteiger partial charge in [-0.2, -0.15) is 0 Å². The molecule has 4 rings (SSSR count). The van der Waals surface area contributed by atoms with Crippen molar-refractivity contribution in [2.75, 3.05) is 32.1 Å². The fraction of sp³-hybridized carbons (Fsp3) is 0.333. The Morgan fingerprint density at radius 3 is 2.73 bits per heavy atom. The molecule has 0 aliphatic carbocycles. The highest BCUT2D eigenvalue weighted by molar-refractivity contribution is 6.09. The summed E-state index contributed by atoms with van der Waals surface area (Å²) in [6, 6.07) is 13.3. The van der Waals surface area contributed by atoms with Crippen molar-refractivity contribution < 1.29 is 14.3 Å². The van der Waals surface area contributed by atoms with Crippen LogP contribution in [0.4, 0.5) is 5.69 Å². The lowest BCUT2D eigenvalue weighted by atomic mass is 9.81. The Bertz CT molecular complexity index is 908. The van der Waals surface area contributed by atoms with Gasteiger partial charge in [0.05, 0.1) is 12.5 Å². The molecule has 0 N–H and O–H groups in total. The van der Waals surface area contributed by atoms with Gasteiger partial charge in [-0.1, -0.05) is 17.7 Å². The van der Waals surface area contributed by atoms with Gasteiger partial charge in [0.15, 0.2) is 0 Å². The van der Waals surface area contributed by atoms with E-state index in [9.17, 15) is 9.59 Å². The highest BCUT2D eigenvalue weighted by atomic mass is 16.5. The van der Waals surface area contributed by atoms with Crippen molar-refractivity contribution in [2.24, 2.45) is 0 Å². The Labute approximate surface area is 153 Å². The van der Waals surface area contributed by atoms with E-state index in [1.165, 1.54) is 0 Å². The third-order valence-corrected chi connectivity index (χ3v) is 5.62. The number of ether oxygens (including phenoxy) is 1. The van der Waals surface area contributed by atoms with Crippen LogP contribution < -0.4 is 9.64 Å². The standard InChI is InChI=1S/C21H22N2O3/c1-14-5-4-6-15(11-14)19(24)23-10-9-21(13-23)17-12-16(26-3)7-8-18(17)22(2)20(21)25/h4-8,11-12H,9-10,13H2,1-3H3. The van der Waals surface area contributed by atoms with E-state index in [4.69, 9.17) is 4.74 Å². The van der Waals surface area contributed by atoms with Crippen molar-refractivity contribution in [3.63, 3.8) is 0 Å². The van der Waals surface area contributed by atoms with Crippen LogP contribution in [0.25, 0.3) is 0 Å². The maximum Gasteiger partial charge on any atom is 0.253 e. The molecule has 0 radical (unpaired) electrons. The van der Waals surface area contributed by atoms with Crippen LogP contribution in [0.1, 0.15) is 27.9 Å². The van der Waals surface area contributed by atoms with E-state index in [1.807, 2.05) is 49.4 Å². The summed E-state index contributed by atoms with van der Waals surface area (Å²) in [4.78, 5) is 29.5. The van der Waals surface area contributed by atoms with Crippen LogP contribution in [-0.2, 0) is 10.2 Å². The zero-order chi connectivity index (χ0) is 18.5. The number of amides is 2. The Morgan fingerprint density at radius 1 is 1.19 bits per heavy atom. The van der Waals surface area contributed by atoms with E-state index in [0.29, 0.717) is 25.1 Å². The molecule has 1 fully saturated rings. The number of carbonyl (C=O) groups excluding carboxylic acids is 2. The first kappa shape index (κ1) is 16.6. The highest BCUT2D eigenvalue weighted by Crippen LogP contribution is 2.48. The molecule has 1 unspecified atom stereocenters. The predicted octanol–water partition coefficient (Wildman–Crippen LogP) is 2.76. The smallest absolute Gasteiger partial charge is 0.253 e. The van der Waals surface area contributed by atoms with Crippen molar-refractivity contribution in [1.82, 2.24) is 4.90 Å². The summed E-state index contributed by atoms with van der Waals surface area (Å²) < 4.78 is 5.36. The molecule has 1 atom stereocenters. The molecule has 26 heavy (non-hydrogen) atoms. The molecule has 134 valence electrons. The van der Waals surface area contributed by atoms with Crippen LogP contribution in [-0.4, -0.2) is 44.0 Å². The summed E-state index contributed by atoms with van der Waals surface area (Å²) >= 11 is 0. The second kappa shape index (κ2) is 5.87. The van der Waals surface area contributed by atoms with Gasteiger partial charge in [-0.15, -0.1) is 0 Å². The Morgan fingerprint density at radius 2 is 2.00 bits per heavy atom. The monoisotopic (exact) mass is 350 g/mol.